The average Bonchev–Trinajstić information content (AvgIpc) is 3.04. The molecule has 0 aromatic carbocycles. The molecule has 3 unspecified atom stereocenters. The van der Waals surface area contributed by atoms with Crippen LogP contribution in [0.1, 0.15) is 194 Å². The van der Waals surface area contributed by atoms with Gasteiger partial charge in [-0.25, -0.2) is 0 Å². The molecule has 0 saturated carbocycles. The van der Waals surface area contributed by atoms with Crippen molar-refractivity contribution < 1.29 is 33.5 Å². The molecular weight excluding hydrogens is 601 g/mol. The zero-order valence-corrected chi connectivity index (χ0v) is 30.8. The molecule has 0 amide bonds. The van der Waals surface area contributed by atoms with Crippen LogP contribution in [0.5, 0.6) is 0 Å². The van der Waals surface area contributed by atoms with Crippen molar-refractivity contribution in [1.29, 1.82) is 0 Å². The number of hydrogen-bond donors (Lipinski definition) is 2. The van der Waals surface area contributed by atoms with Crippen LogP contribution in [0.25, 0.3) is 0 Å². The van der Waals surface area contributed by atoms with Crippen molar-refractivity contribution in [2.75, 3.05) is 13.2 Å². The van der Waals surface area contributed by atoms with Crippen molar-refractivity contribution >= 4 is 20.4 Å². The highest BCUT2D eigenvalue weighted by atomic mass is 31.1. The van der Waals surface area contributed by atoms with Gasteiger partial charge < -0.3 is 25.1 Å². The highest BCUT2D eigenvalue weighted by Gasteiger charge is 2.22. The normalized spacial score (nSPS) is 13.5. The molecule has 0 aliphatic heterocycles. The summed E-state index contributed by atoms with van der Waals surface area (Å²) in [7, 11) is -0.476. The van der Waals surface area contributed by atoms with Gasteiger partial charge >= 0.3 is 11.9 Å². The molecule has 0 rings (SSSR count). The van der Waals surface area contributed by atoms with Crippen molar-refractivity contribution in [2.24, 2.45) is 5.73 Å². The van der Waals surface area contributed by atoms with Crippen LogP contribution < -0.4 is 5.73 Å². The van der Waals surface area contributed by atoms with Crippen molar-refractivity contribution in [1.82, 2.24) is 0 Å². The minimum Gasteiger partial charge on any atom is -0.462 e. The quantitative estimate of drug-likeness (QED) is 0.0291. The fraction of sp³-hybridized carbons (Fsp3) is 0.946. The Labute approximate surface area is 284 Å². The van der Waals surface area contributed by atoms with E-state index in [1.54, 1.807) is 0 Å². The van der Waals surface area contributed by atoms with Gasteiger partial charge in [0.15, 0.2) is 20.4 Å². The van der Waals surface area contributed by atoms with Crippen LogP contribution in [0.4, 0.5) is 0 Å². The summed E-state index contributed by atoms with van der Waals surface area (Å²) in [6.45, 7) is 4.18. The van der Waals surface area contributed by atoms with E-state index in [9.17, 15) is 19.3 Å². The third kappa shape index (κ3) is 31.5. The Balaban J connectivity index is 4.11. The summed E-state index contributed by atoms with van der Waals surface area (Å²) in [5.41, 5.74) is 5.39. The van der Waals surface area contributed by atoms with Gasteiger partial charge in [-0.2, -0.15) is 0 Å². The van der Waals surface area contributed by atoms with Crippen LogP contribution in [0.15, 0.2) is 0 Å². The highest BCUT2D eigenvalue weighted by molar-refractivity contribution is 7.24. The van der Waals surface area contributed by atoms with Crippen molar-refractivity contribution in [3.8, 4) is 0 Å². The van der Waals surface area contributed by atoms with E-state index in [4.69, 9.17) is 19.9 Å². The lowest BCUT2D eigenvalue weighted by molar-refractivity contribution is -0.164. The van der Waals surface area contributed by atoms with Crippen LogP contribution in [-0.2, 0) is 28.4 Å². The third-order valence-corrected chi connectivity index (χ3v) is 9.21. The van der Waals surface area contributed by atoms with Gasteiger partial charge in [-0.15, -0.1) is 0 Å². The van der Waals surface area contributed by atoms with Crippen molar-refractivity contribution in [3.63, 3.8) is 0 Å². The standard InChI is InChI=1S/C37H72NO7P/c1-3-5-7-9-11-13-15-17-19-21-23-25-27-29-34(39)43-31-33(32-44-37(46-42)36(38)41)45-35(40)30-28-26-24-22-20-18-16-14-12-10-8-6-4-2/h33,36-37,41H,3-32,38H2,1-2H3. The Bertz CT molecular complexity index is 695. The number of esters is 2. The number of rotatable bonds is 36. The molecule has 9 heteroatoms. The van der Waals surface area contributed by atoms with E-state index in [1.165, 1.54) is 128 Å². The van der Waals surface area contributed by atoms with E-state index in [1.807, 2.05) is 0 Å². The minimum atomic E-state index is -1.44. The summed E-state index contributed by atoms with van der Waals surface area (Å²) in [5, 5.41) is 9.51. The highest BCUT2D eigenvalue weighted by Crippen LogP contribution is 2.16. The van der Waals surface area contributed by atoms with Crippen molar-refractivity contribution in [2.45, 2.75) is 212 Å². The fourth-order valence-electron chi connectivity index (χ4n) is 5.59. The molecule has 0 fully saturated rings. The number of aliphatic hydroxyl groups excluding tert-OH is 1. The summed E-state index contributed by atoms with van der Waals surface area (Å²) in [4.78, 5) is 24.8. The van der Waals surface area contributed by atoms with E-state index >= 15 is 0 Å². The molecule has 0 bridgehead atoms. The maximum Gasteiger partial charge on any atom is 0.306 e. The first kappa shape index (κ1) is 44.9. The molecule has 272 valence electrons. The number of unbranched alkanes of at least 4 members (excludes halogenated alkanes) is 24. The van der Waals surface area contributed by atoms with Crippen LogP contribution in [0.2, 0.25) is 0 Å². The number of carbonyl (C=O) groups excluding carboxylic acids is 2. The average molecular weight is 674 g/mol. The first-order chi connectivity index (χ1) is 22.4. The topological polar surface area (TPSA) is 125 Å². The Morgan fingerprint density at radius 2 is 0.913 bits per heavy atom. The molecule has 0 radical (unpaired) electrons. The second kappa shape index (κ2) is 35.2. The Morgan fingerprint density at radius 3 is 1.26 bits per heavy atom. The second-order valence-electron chi connectivity index (χ2n) is 13.1. The molecule has 0 heterocycles. The first-order valence-corrected chi connectivity index (χ1v) is 20.1. The fourth-order valence-corrected chi connectivity index (χ4v) is 5.86. The predicted octanol–water partition coefficient (Wildman–Crippen LogP) is 10.3. The van der Waals surface area contributed by atoms with Crippen LogP contribution >= 0.6 is 8.46 Å². The lowest BCUT2D eigenvalue weighted by Gasteiger charge is -2.21. The monoisotopic (exact) mass is 674 g/mol. The minimum absolute atomic E-state index is 0.148. The summed E-state index contributed by atoms with van der Waals surface area (Å²) in [6, 6.07) is 0. The Hall–Kier alpha value is -1.08. The zero-order chi connectivity index (χ0) is 33.9. The summed E-state index contributed by atoms with van der Waals surface area (Å²) < 4.78 is 27.5. The number of aliphatic hydroxyl groups is 1. The van der Waals surface area contributed by atoms with Gasteiger partial charge in [0.05, 0.1) is 6.61 Å². The van der Waals surface area contributed by atoms with Crippen molar-refractivity contribution in [3.05, 3.63) is 0 Å². The lowest BCUT2D eigenvalue weighted by Crippen LogP contribution is -2.37. The van der Waals surface area contributed by atoms with E-state index in [-0.39, 0.29) is 31.6 Å². The SMILES string of the molecule is CCCCCCCCCCCCCCCC(=O)OCC(COC(P=O)C(N)O)OC(=O)CCCCCCCCCCCCCCC. The largest absolute Gasteiger partial charge is 0.462 e. The van der Waals surface area contributed by atoms with Crippen LogP contribution in [-0.4, -0.2) is 48.4 Å². The van der Waals surface area contributed by atoms with Gasteiger partial charge in [0.25, 0.3) is 0 Å². The van der Waals surface area contributed by atoms with Gasteiger partial charge in [0, 0.05) is 12.8 Å². The summed E-state index contributed by atoms with van der Waals surface area (Å²) in [6.07, 6.45) is 30.3. The van der Waals surface area contributed by atoms with E-state index < -0.39 is 26.6 Å². The Kier molecular flexibility index (Phi) is 34.4. The molecule has 0 saturated heterocycles. The van der Waals surface area contributed by atoms with Gasteiger partial charge in [-0.1, -0.05) is 168 Å². The number of hydrogen-bond acceptors (Lipinski definition) is 8. The van der Waals surface area contributed by atoms with Gasteiger partial charge in [0.2, 0.25) is 0 Å². The second-order valence-corrected chi connectivity index (χ2v) is 13.8. The number of nitrogens with two attached hydrogens (primary N) is 1. The molecular formula is C37H72NO7P. The number of ether oxygens (including phenoxy) is 3. The third-order valence-electron chi connectivity index (χ3n) is 8.55. The molecule has 8 nitrogen and oxygen atoms in total. The van der Waals surface area contributed by atoms with Crippen LogP contribution in [0.3, 0.4) is 0 Å². The summed E-state index contributed by atoms with van der Waals surface area (Å²) >= 11 is 0. The smallest absolute Gasteiger partial charge is 0.306 e. The maximum atomic E-state index is 12.5. The van der Waals surface area contributed by atoms with E-state index in [2.05, 4.69) is 13.8 Å². The van der Waals surface area contributed by atoms with Crippen LogP contribution in [0, 0.1) is 0 Å². The first-order valence-electron chi connectivity index (χ1n) is 19.2. The van der Waals surface area contributed by atoms with E-state index in [0.717, 1.165) is 38.5 Å². The molecule has 46 heavy (non-hydrogen) atoms. The maximum absolute atomic E-state index is 12.5. The number of carbonyl (C=O) groups is 2. The van der Waals surface area contributed by atoms with Gasteiger partial charge in [0.1, 0.15) is 12.8 Å². The summed E-state index contributed by atoms with van der Waals surface area (Å²) in [5.74, 6) is -1.87. The Morgan fingerprint density at radius 1 is 0.565 bits per heavy atom. The molecule has 3 N–H and O–H groups in total. The molecule has 3 atom stereocenters. The predicted molar refractivity (Wildman–Crippen MR) is 189 cm³/mol. The molecule has 0 spiro atoms. The van der Waals surface area contributed by atoms with Gasteiger partial charge in [-0.05, 0) is 12.8 Å². The molecule has 0 aromatic heterocycles. The zero-order valence-electron chi connectivity index (χ0n) is 29.9. The van der Waals surface area contributed by atoms with E-state index in [0.29, 0.717) is 6.42 Å². The molecule has 0 aliphatic carbocycles. The lowest BCUT2D eigenvalue weighted by atomic mass is 10.0. The molecule has 0 aliphatic rings. The molecule has 0 aromatic rings. The van der Waals surface area contributed by atoms with Gasteiger partial charge in [-0.3, -0.25) is 14.2 Å².